The van der Waals surface area contributed by atoms with Crippen LogP contribution in [0.2, 0.25) is 10.0 Å². The molecule has 5 nitrogen and oxygen atoms in total. The van der Waals surface area contributed by atoms with Crippen LogP contribution in [0.4, 0.5) is 0 Å². The first-order valence-electron chi connectivity index (χ1n) is 7.27. The van der Waals surface area contributed by atoms with Crippen LogP contribution in [0.3, 0.4) is 0 Å². The summed E-state index contributed by atoms with van der Waals surface area (Å²) >= 11 is 13.8. The zero-order valence-corrected chi connectivity index (χ0v) is 14.9. The summed E-state index contributed by atoms with van der Waals surface area (Å²) in [5.74, 6) is -0.0870. The summed E-state index contributed by atoms with van der Waals surface area (Å²) in [7, 11) is 0. The minimum Gasteiger partial charge on any atom is -0.350 e. The topological polar surface area (TPSA) is 59.8 Å². The molecule has 0 saturated carbocycles. The molecule has 3 rings (SSSR count). The van der Waals surface area contributed by atoms with Crippen LogP contribution >= 0.6 is 34.5 Å². The number of aromatic nitrogens is 3. The number of halogens is 2. The van der Waals surface area contributed by atoms with Crippen LogP contribution in [0, 0.1) is 0 Å². The number of carbonyl (C=O) groups is 1. The van der Waals surface area contributed by atoms with Gasteiger partial charge in [0, 0.05) is 21.8 Å². The molecular weight excluding hydrogens is 367 g/mol. The zero-order chi connectivity index (χ0) is 16.9. The highest BCUT2D eigenvalue weighted by atomic mass is 35.5. The third-order valence-electron chi connectivity index (χ3n) is 3.44. The van der Waals surface area contributed by atoms with Gasteiger partial charge in [-0.25, -0.2) is 4.68 Å². The first kappa shape index (κ1) is 17.0. The van der Waals surface area contributed by atoms with E-state index in [-0.39, 0.29) is 5.91 Å². The van der Waals surface area contributed by atoms with Crippen molar-refractivity contribution in [3.63, 3.8) is 0 Å². The van der Waals surface area contributed by atoms with Gasteiger partial charge < -0.3 is 5.32 Å². The molecule has 0 fully saturated rings. The normalized spacial score (nSPS) is 10.8. The van der Waals surface area contributed by atoms with E-state index in [1.807, 2.05) is 16.8 Å². The predicted molar refractivity (Wildman–Crippen MR) is 95.9 cm³/mol. The molecule has 1 amide bonds. The molecule has 2 heterocycles. The van der Waals surface area contributed by atoms with Crippen molar-refractivity contribution in [1.82, 2.24) is 20.3 Å². The van der Waals surface area contributed by atoms with Crippen molar-refractivity contribution in [2.45, 2.75) is 19.4 Å². The Bertz CT molecular complexity index is 812. The Balaban J connectivity index is 1.51. The van der Waals surface area contributed by atoms with Crippen LogP contribution in [0.5, 0.6) is 0 Å². The lowest BCUT2D eigenvalue weighted by atomic mass is 10.1. The van der Waals surface area contributed by atoms with Crippen molar-refractivity contribution in [1.29, 1.82) is 0 Å². The van der Waals surface area contributed by atoms with Gasteiger partial charge in [0.05, 0.1) is 18.4 Å². The van der Waals surface area contributed by atoms with Gasteiger partial charge in [0.25, 0.3) is 0 Å². The van der Waals surface area contributed by atoms with Gasteiger partial charge in [-0.2, -0.15) is 11.3 Å². The van der Waals surface area contributed by atoms with Gasteiger partial charge in [0.2, 0.25) is 5.91 Å². The Morgan fingerprint density at radius 1 is 1.25 bits per heavy atom. The number of hydrogen-bond acceptors (Lipinski definition) is 4. The summed E-state index contributed by atoms with van der Waals surface area (Å²) in [6.07, 6.45) is 2.60. The highest BCUT2D eigenvalue weighted by Crippen LogP contribution is 2.25. The van der Waals surface area contributed by atoms with Gasteiger partial charge >= 0.3 is 0 Å². The summed E-state index contributed by atoms with van der Waals surface area (Å²) in [6, 6.07) is 7.27. The first-order chi connectivity index (χ1) is 11.6. The fourth-order valence-electron chi connectivity index (χ4n) is 2.18. The van der Waals surface area contributed by atoms with Crippen LogP contribution < -0.4 is 5.32 Å². The Labute approximate surface area is 153 Å². The standard InChI is InChI=1S/C16H14Cl2N4OS/c17-14-2-1-3-15(18)13(14)4-5-16(23)19-8-11-9-22(21-20-11)12-6-7-24-10-12/h1-3,6-7,9-10H,4-5,8H2,(H,19,23). The average Bonchev–Trinajstić information content (AvgIpc) is 3.23. The van der Waals surface area contributed by atoms with Gasteiger partial charge in [-0.3, -0.25) is 4.79 Å². The van der Waals surface area contributed by atoms with E-state index in [1.54, 1.807) is 40.4 Å². The molecule has 0 unspecified atom stereocenters. The predicted octanol–water partition coefficient (Wildman–Crippen LogP) is 3.88. The number of rotatable bonds is 6. The highest BCUT2D eigenvalue weighted by Gasteiger charge is 2.09. The van der Waals surface area contributed by atoms with Gasteiger partial charge in [0.1, 0.15) is 5.69 Å². The van der Waals surface area contributed by atoms with Crippen LogP contribution in [0.1, 0.15) is 17.7 Å². The lowest BCUT2D eigenvalue weighted by Gasteiger charge is -2.07. The van der Waals surface area contributed by atoms with Crippen molar-refractivity contribution in [2.75, 3.05) is 0 Å². The minimum atomic E-state index is -0.0870. The van der Waals surface area contributed by atoms with Crippen LogP contribution in [0.25, 0.3) is 5.69 Å². The molecule has 0 saturated heterocycles. The molecule has 124 valence electrons. The second-order valence-electron chi connectivity index (χ2n) is 5.11. The van der Waals surface area contributed by atoms with E-state index in [4.69, 9.17) is 23.2 Å². The van der Waals surface area contributed by atoms with E-state index < -0.39 is 0 Å². The van der Waals surface area contributed by atoms with E-state index in [9.17, 15) is 4.79 Å². The zero-order valence-electron chi connectivity index (χ0n) is 12.6. The molecule has 0 aliphatic heterocycles. The first-order valence-corrected chi connectivity index (χ1v) is 8.97. The molecule has 0 bridgehead atoms. The third kappa shape index (κ3) is 4.14. The lowest BCUT2D eigenvalue weighted by Crippen LogP contribution is -2.23. The number of carbonyl (C=O) groups excluding carboxylic acids is 1. The van der Waals surface area contributed by atoms with Gasteiger partial charge in [-0.1, -0.05) is 34.5 Å². The summed E-state index contributed by atoms with van der Waals surface area (Å²) in [5.41, 5.74) is 2.45. The fraction of sp³-hybridized carbons (Fsp3) is 0.188. The lowest BCUT2D eigenvalue weighted by molar-refractivity contribution is -0.121. The molecule has 0 aliphatic rings. The van der Waals surface area contributed by atoms with Crippen molar-refractivity contribution in [3.05, 3.63) is 62.5 Å². The SMILES string of the molecule is O=C(CCc1c(Cl)cccc1Cl)NCc1cn(-c2ccsc2)nn1. The van der Waals surface area contributed by atoms with Crippen LogP contribution in [0.15, 0.2) is 41.2 Å². The maximum atomic E-state index is 12.0. The Morgan fingerprint density at radius 2 is 2.04 bits per heavy atom. The highest BCUT2D eigenvalue weighted by molar-refractivity contribution is 7.08. The average molecular weight is 381 g/mol. The monoisotopic (exact) mass is 380 g/mol. The van der Waals surface area contributed by atoms with Gasteiger partial charge in [-0.15, -0.1) is 5.10 Å². The summed E-state index contributed by atoms with van der Waals surface area (Å²) in [5, 5.41) is 16.0. The van der Waals surface area contributed by atoms with Crippen LogP contribution in [-0.4, -0.2) is 20.9 Å². The molecule has 0 spiro atoms. The molecular formula is C16H14Cl2N4OS. The van der Waals surface area contributed by atoms with Crippen molar-refractivity contribution >= 4 is 40.4 Å². The molecule has 2 aromatic heterocycles. The Hall–Kier alpha value is -1.89. The van der Waals surface area contributed by atoms with Crippen LogP contribution in [-0.2, 0) is 17.8 Å². The number of nitrogens with one attached hydrogen (secondary N) is 1. The fourth-order valence-corrected chi connectivity index (χ4v) is 3.39. The largest absolute Gasteiger partial charge is 0.350 e. The minimum absolute atomic E-state index is 0.0870. The maximum absolute atomic E-state index is 12.0. The van der Waals surface area contributed by atoms with Crippen molar-refractivity contribution in [2.24, 2.45) is 0 Å². The van der Waals surface area contributed by atoms with Gasteiger partial charge in [0.15, 0.2) is 0 Å². The van der Waals surface area contributed by atoms with Crippen molar-refractivity contribution < 1.29 is 4.79 Å². The number of thiophene rings is 1. The van der Waals surface area contributed by atoms with Gasteiger partial charge in [-0.05, 0) is 35.6 Å². The number of nitrogens with zero attached hydrogens (tertiary/aromatic N) is 3. The second-order valence-corrected chi connectivity index (χ2v) is 6.71. The van der Waals surface area contributed by atoms with E-state index in [0.29, 0.717) is 35.1 Å². The summed E-state index contributed by atoms with van der Waals surface area (Å²) < 4.78 is 1.68. The summed E-state index contributed by atoms with van der Waals surface area (Å²) in [6.45, 7) is 0.333. The quantitative estimate of drug-likeness (QED) is 0.705. The number of amides is 1. The van der Waals surface area contributed by atoms with E-state index in [1.165, 1.54) is 0 Å². The number of benzene rings is 1. The molecule has 1 aromatic carbocycles. The molecule has 8 heteroatoms. The number of hydrogen-bond donors (Lipinski definition) is 1. The third-order valence-corrected chi connectivity index (χ3v) is 4.82. The molecule has 0 aliphatic carbocycles. The van der Waals surface area contributed by atoms with E-state index in [2.05, 4.69) is 15.6 Å². The molecule has 0 atom stereocenters. The maximum Gasteiger partial charge on any atom is 0.220 e. The van der Waals surface area contributed by atoms with Crippen molar-refractivity contribution in [3.8, 4) is 5.69 Å². The Morgan fingerprint density at radius 3 is 2.75 bits per heavy atom. The molecule has 24 heavy (non-hydrogen) atoms. The second kappa shape index (κ2) is 7.79. The summed E-state index contributed by atoms with van der Waals surface area (Å²) in [4.78, 5) is 12.0. The smallest absolute Gasteiger partial charge is 0.220 e. The molecule has 3 aromatic rings. The van der Waals surface area contributed by atoms with E-state index in [0.717, 1.165) is 11.3 Å². The van der Waals surface area contributed by atoms with E-state index >= 15 is 0 Å². The molecule has 0 radical (unpaired) electrons. The Kier molecular flexibility index (Phi) is 5.50. The molecule has 1 N–H and O–H groups in total.